The number of hydrogen-bond acceptors (Lipinski definition) is 8. The van der Waals surface area contributed by atoms with Crippen LogP contribution in [0.15, 0.2) is 36.7 Å². The number of anilines is 2. The molecule has 0 radical (unpaired) electrons. The third-order valence-electron chi connectivity index (χ3n) is 5.42. The standard InChI is InChI=1S/C23H21Cl2N5O2S.ClH/c1-30-6-5-17-21(10-30)33-22(29-17)11-32-20-9-18-14(8-19(20)31-2)23(27-12-26-18)28-13-3-4-15(24)16(25)7-13;/h3-4,7-9,12H,5-6,10-11H2,1-2H3,(H,26,27,28);1H. The second-order valence-corrected chi connectivity index (χ2v) is 9.73. The Balaban J connectivity index is 0.00000274. The number of likely N-dealkylation sites (N-methyl/N-ethyl adjacent to an activating group) is 1. The Morgan fingerprint density at radius 1 is 1.12 bits per heavy atom. The highest BCUT2D eigenvalue weighted by atomic mass is 35.5. The molecule has 4 aromatic rings. The molecule has 0 spiro atoms. The highest BCUT2D eigenvalue weighted by molar-refractivity contribution is 7.11. The summed E-state index contributed by atoms with van der Waals surface area (Å²) in [6.07, 6.45) is 2.48. The molecule has 0 bridgehead atoms. The average Bonchev–Trinajstić information content (AvgIpc) is 3.21. The van der Waals surface area contributed by atoms with Crippen molar-refractivity contribution < 1.29 is 9.47 Å². The van der Waals surface area contributed by atoms with Crippen LogP contribution in [-0.2, 0) is 19.6 Å². The predicted molar refractivity (Wildman–Crippen MR) is 140 cm³/mol. The van der Waals surface area contributed by atoms with E-state index in [-0.39, 0.29) is 12.4 Å². The molecule has 5 rings (SSSR count). The monoisotopic (exact) mass is 537 g/mol. The maximum Gasteiger partial charge on any atom is 0.163 e. The molecular formula is C23H22Cl3N5O2S. The van der Waals surface area contributed by atoms with Crippen LogP contribution >= 0.6 is 46.9 Å². The number of nitrogens with one attached hydrogen (secondary N) is 1. The number of aromatic nitrogens is 3. The van der Waals surface area contributed by atoms with Crippen LogP contribution in [-0.4, -0.2) is 40.6 Å². The number of thiazole rings is 1. The topological polar surface area (TPSA) is 72.4 Å². The van der Waals surface area contributed by atoms with Crippen LogP contribution in [0.25, 0.3) is 10.9 Å². The Kier molecular flexibility index (Phi) is 7.64. The summed E-state index contributed by atoms with van der Waals surface area (Å²) in [6.45, 7) is 2.36. The fraction of sp³-hybridized carbons (Fsp3) is 0.261. The van der Waals surface area contributed by atoms with E-state index >= 15 is 0 Å². The number of nitrogens with zero attached hydrogens (tertiary/aromatic N) is 4. The number of benzene rings is 2. The Morgan fingerprint density at radius 3 is 2.76 bits per heavy atom. The minimum absolute atomic E-state index is 0. The average molecular weight is 539 g/mol. The van der Waals surface area contributed by atoms with Gasteiger partial charge in [-0.05, 0) is 31.3 Å². The van der Waals surface area contributed by atoms with Crippen molar-refractivity contribution in [1.29, 1.82) is 0 Å². The number of ether oxygens (including phenoxy) is 2. The first kappa shape index (κ1) is 24.8. The number of hydrogen-bond donors (Lipinski definition) is 1. The first-order valence-corrected chi connectivity index (χ1v) is 11.9. The number of methoxy groups -OCH3 is 1. The van der Waals surface area contributed by atoms with Crippen molar-refractivity contribution >= 4 is 69.4 Å². The second-order valence-electron chi connectivity index (χ2n) is 7.75. The number of halogens is 3. The summed E-state index contributed by atoms with van der Waals surface area (Å²) >= 11 is 13.9. The summed E-state index contributed by atoms with van der Waals surface area (Å²) in [5.74, 6) is 1.82. The van der Waals surface area contributed by atoms with E-state index in [2.05, 4.69) is 27.2 Å². The Labute approximate surface area is 217 Å². The number of fused-ring (bicyclic) bond motifs is 2. The first-order chi connectivity index (χ1) is 16.0. The molecule has 178 valence electrons. The number of rotatable bonds is 6. The molecule has 1 aliphatic heterocycles. The molecular weight excluding hydrogens is 517 g/mol. The lowest BCUT2D eigenvalue weighted by Crippen LogP contribution is -2.25. The van der Waals surface area contributed by atoms with Gasteiger partial charge in [-0.15, -0.1) is 23.7 Å². The quantitative estimate of drug-likeness (QED) is 0.316. The van der Waals surface area contributed by atoms with Gasteiger partial charge in [-0.1, -0.05) is 23.2 Å². The van der Waals surface area contributed by atoms with Gasteiger partial charge in [0, 0.05) is 41.5 Å². The zero-order valence-corrected chi connectivity index (χ0v) is 21.6. The smallest absolute Gasteiger partial charge is 0.163 e. The summed E-state index contributed by atoms with van der Waals surface area (Å²) in [5, 5.41) is 5.98. The molecule has 0 aliphatic carbocycles. The SMILES string of the molecule is COc1cc2c(Nc3ccc(Cl)c(Cl)c3)ncnc2cc1OCc1nc2c(s1)CN(C)CC2.Cl. The zero-order valence-electron chi connectivity index (χ0n) is 18.5. The van der Waals surface area contributed by atoms with E-state index < -0.39 is 0 Å². The van der Waals surface area contributed by atoms with Gasteiger partial charge in [-0.25, -0.2) is 15.0 Å². The van der Waals surface area contributed by atoms with Gasteiger partial charge in [0.15, 0.2) is 11.5 Å². The van der Waals surface area contributed by atoms with Crippen LogP contribution in [0.4, 0.5) is 11.5 Å². The zero-order chi connectivity index (χ0) is 22.9. The summed E-state index contributed by atoms with van der Waals surface area (Å²) in [7, 11) is 3.74. The van der Waals surface area contributed by atoms with E-state index in [0.29, 0.717) is 34.0 Å². The summed E-state index contributed by atoms with van der Waals surface area (Å²) in [5.41, 5.74) is 2.68. The minimum Gasteiger partial charge on any atom is -0.493 e. The van der Waals surface area contributed by atoms with Crippen LogP contribution in [0.1, 0.15) is 15.6 Å². The largest absolute Gasteiger partial charge is 0.493 e. The van der Waals surface area contributed by atoms with Gasteiger partial charge in [0.05, 0.1) is 28.4 Å². The van der Waals surface area contributed by atoms with Crippen LogP contribution in [0.3, 0.4) is 0 Å². The van der Waals surface area contributed by atoms with E-state index in [0.717, 1.165) is 41.1 Å². The normalized spacial score (nSPS) is 13.3. The molecule has 0 unspecified atom stereocenters. The molecule has 1 aliphatic rings. The van der Waals surface area contributed by atoms with Gasteiger partial charge in [-0.3, -0.25) is 0 Å². The van der Waals surface area contributed by atoms with Gasteiger partial charge in [0.2, 0.25) is 0 Å². The Bertz CT molecular complexity index is 1330. The van der Waals surface area contributed by atoms with Gasteiger partial charge in [-0.2, -0.15) is 0 Å². The van der Waals surface area contributed by atoms with Crippen molar-refractivity contribution in [3.8, 4) is 11.5 Å². The molecule has 0 atom stereocenters. The molecule has 34 heavy (non-hydrogen) atoms. The molecule has 7 nitrogen and oxygen atoms in total. The van der Waals surface area contributed by atoms with E-state index in [4.69, 9.17) is 37.7 Å². The lowest BCUT2D eigenvalue weighted by atomic mass is 10.2. The van der Waals surface area contributed by atoms with Crippen LogP contribution in [0.2, 0.25) is 10.0 Å². The predicted octanol–water partition coefficient (Wildman–Crippen LogP) is 6.13. The van der Waals surface area contributed by atoms with Crippen molar-refractivity contribution in [2.45, 2.75) is 19.6 Å². The molecule has 0 amide bonds. The molecule has 0 saturated heterocycles. The molecule has 0 saturated carbocycles. The van der Waals surface area contributed by atoms with Crippen molar-refractivity contribution in [3.05, 3.63) is 62.3 Å². The Hall–Kier alpha value is -2.36. The van der Waals surface area contributed by atoms with Crippen LogP contribution in [0, 0.1) is 0 Å². The molecule has 11 heteroatoms. The summed E-state index contributed by atoms with van der Waals surface area (Å²) in [4.78, 5) is 17.2. The Morgan fingerprint density at radius 2 is 1.97 bits per heavy atom. The lowest BCUT2D eigenvalue weighted by molar-refractivity contribution is 0.284. The van der Waals surface area contributed by atoms with Crippen molar-refractivity contribution in [3.63, 3.8) is 0 Å². The third-order valence-corrected chi connectivity index (χ3v) is 7.22. The van der Waals surface area contributed by atoms with Crippen molar-refractivity contribution in [2.75, 3.05) is 26.0 Å². The van der Waals surface area contributed by atoms with Gasteiger partial charge < -0.3 is 19.7 Å². The molecule has 3 heterocycles. The fourth-order valence-electron chi connectivity index (χ4n) is 3.72. The van der Waals surface area contributed by atoms with Crippen molar-refractivity contribution in [2.24, 2.45) is 0 Å². The first-order valence-electron chi connectivity index (χ1n) is 10.3. The van der Waals surface area contributed by atoms with Gasteiger partial charge in [0.25, 0.3) is 0 Å². The fourth-order valence-corrected chi connectivity index (χ4v) is 5.13. The van der Waals surface area contributed by atoms with E-state index in [9.17, 15) is 0 Å². The van der Waals surface area contributed by atoms with Crippen LogP contribution < -0.4 is 14.8 Å². The van der Waals surface area contributed by atoms with Crippen molar-refractivity contribution in [1.82, 2.24) is 19.9 Å². The van der Waals surface area contributed by atoms with E-state index in [1.807, 2.05) is 18.2 Å². The molecule has 2 aromatic carbocycles. The summed E-state index contributed by atoms with van der Waals surface area (Å²) in [6, 6.07) is 9.04. The van der Waals surface area contributed by atoms with Crippen LogP contribution in [0.5, 0.6) is 11.5 Å². The maximum atomic E-state index is 6.14. The summed E-state index contributed by atoms with van der Waals surface area (Å²) < 4.78 is 11.7. The van der Waals surface area contributed by atoms with E-state index in [1.54, 1.807) is 30.6 Å². The van der Waals surface area contributed by atoms with E-state index in [1.165, 1.54) is 16.9 Å². The minimum atomic E-state index is 0. The maximum absolute atomic E-state index is 6.14. The molecule has 0 fully saturated rings. The molecule has 2 aromatic heterocycles. The lowest BCUT2D eigenvalue weighted by Gasteiger charge is -2.20. The highest BCUT2D eigenvalue weighted by Gasteiger charge is 2.19. The second kappa shape index (κ2) is 10.5. The third kappa shape index (κ3) is 5.16. The van der Waals surface area contributed by atoms with Gasteiger partial charge in [0.1, 0.15) is 23.8 Å². The van der Waals surface area contributed by atoms with Gasteiger partial charge >= 0.3 is 0 Å². The molecule has 1 N–H and O–H groups in total. The highest BCUT2D eigenvalue weighted by Crippen LogP contribution is 2.36.